The number of rotatable bonds is 5. The fraction of sp³-hybridized carbons (Fsp3) is 0.316. The van der Waals surface area contributed by atoms with E-state index in [0.29, 0.717) is 6.54 Å². The van der Waals surface area contributed by atoms with Crippen molar-refractivity contribution in [1.82, 2.24) is 24.7 Å². The first-order chi connectivity index (χ1) is 13.3. The lowest BCUT2D eigenvalue weighted by molar-refractivity contribution is -0.120. The highest BCUT2D eigenvalue weighted by atomic mass is 16.1. The molecule has 3 heterocycles. The van der Waals surface area contributed by atoms with Gasteiger partial charge in [0.1, 0.15) is 12.7 Å². The number of benzene rings is 1. The van der Waals surface area contributed by atoms with Gasteiger partial charge in [-0.1, -0.05) is 18.2 Å². The molecule has 1 N–H and O–H groups in total. The maximum atomic E-state index is 12.8. The van der Waals surface area contributed by atoms with Crippen molar-refractivity contribution >= 4 is 17.5 Å². The summed E-state index contributed by atoms with van der Waals surface area (Å²) >= 11 is 0. The molecule has 1 aliphatic rings. The van der Waals surface area contributed by atoms with E-state index in [-0.39, 0.29) is 11.8 Å². The summed E-state index contributed by atoms with van der Waals surface area (Å²) in [5.74, 6) is 0.786. The minimum atomic E-state index is -0.00983. The first-order valence-corrected chi connectivity index (χ1v) is 9.03. The number of para-hydroxylation sites is 1. The van der Waals surface area contributed by atoms with Gasteiger partial charge < -0.3 is 10.2 Å². The molecular weight excluding hydrogens is 342 g/mol. The summed E-state index contributed by atoms with van der Waals surface area (Å²) in [4.78, 5) is 27.4. The molecule has 8 heteroatoms. The lowest BCUT2D eigenvalue weighted by Crippen LogP contribution is -2.39. The van der Waals surface area contributed by atoms with Gasteiger partial charge in [0.15, 0.2) is 0 Å². The van der Waals surface area contributed by atoms with E-state index in [0.717, 1.165) is 43.1 Å². The molecule has 0 saturated carbocycles. The summed E-state index contributed by atoms with van der Waals surface area (Å²) in [5, 5.41) is 7.23. The quantitative estimate of drug-likeness (QED) is 0.746. The van der Waals surface area contributed by atoms with Crippen molar-refractivity contribution in [3.8, 4) is 0 Å². The van der Waals surface area contributed by atoms with E-state index in [1.165, 1.54) is 6.33 Å². The van der Waals surface area contributed by atoms with E-state index in [9.17, 15) is 4.79 Å². The van der Waals surface area contributed by atoms with Crippen LogP contribution in [0.1, 0.15) is 18.4 Å². The second-order valence-corrected chi connectivity index (χ2v) is 6.55. The fourth-order valence-corrected chi connectivity index (χ4v) is 3.30. The van der Waals surface area contributed by atoms with Gasteiger partial charge in [-0.15, -0.1) is 0 Å². The number of carbonyl (C=O) groups excluding carboxylic acids is 1. The van der Waals surface area contributed by atoms with Crippen LogP contribution >= 0.6 is 0 Å². The first kappa shape index (κ1) is 17.1. The van der Waals surface area contributed by atoms with Gasteiger partial charge in [-0.3, -0.25) is 4.79 Å². The second kappa shape index (κ2) is 7.94. The highest BCUT2D eigenvalue weighted by molar-refractivity contribution is 5.93. The Morgan fingerprint density at radius 1 is 1.11 bits per heavy atom. The number of hydrogen-bond donors (Lipinski definition) is 1. The largest absolute Gasteiger partial charge is 0.341 e. The fourth-order valence-electron chi connectivity index (χ4n) is 3.30. The molecule has 4 rings (SSSR count). The van der Waals surface area contributed by atoms with Crippen LogP contribution in [0.5, 0.6) is 0 Å². The van der Waals surface area contributed by atoms with E-state index in [1.54, 1.807) is 29.5 Å². The molecule has 27 heavy (non-hydrogen) atoms. The lowest BCUT2D eigenvalue weighted by atomic mass is 9.96. The highest BCUT2D eigenvalue weighted by Gasteiger charge is 2.26. The molecule has 1 aromatic carbocycles. The Balaban J connectivity index is 1.37. The summed E-state index contributed by atoms with van der Waals surface area (Å²) < 4.78 is 1.74. The van der Waals surface area contributed by atoms with Crippen LogP contribution in [0.25, 0.3) is 0 Å². The van der Waals surface area contributed by atoms with E-state index >= 15 is 0 Å². The number of hydrogen-bond acceptors (Lipinski definition) is 6. The van der Waals surface area contributed by atoms with Crippen LogP contribution < -0.4 is 10.2 Å². The molecule has 3 aromatic rings. The summed E-state index contributed by atoms with van der Waals surface area (Å²) in [7, 11) is 0. The Hall–Kier alpha value is -3.29. The number of anilines is 2. The van der Waals surface area contributed by atoms with Crippen LogP contribution in [0.3, 0.4) is 0 Å². The molecule has 1 fully saturated rings. The van der Waals surface area contributed by atoms with Gasteiger partial charge in [0, 0.05) is 37.1 Å². The minimum absolute atomic E-state index is 0.00983. The standard InChI is InChI=1S/C19H21N7O/c27-18(15-6-10-25(11-7-15)19-21-8-3-9-22-19)24-17-5-2-1-4-16(17)12-26-14-20-13-23-26/h1-5,8-9,13-15H,6-7,10-12H2,(H,24,27). The normalized spacial score (nSPS) is 14.9. The Morgan fingerprint density at radius 3 is 2.63 bits per heavy atom. The molecule has 1 saturated heterocycles. The van der Waals surface area contributed by atoms with Gasteiger partial charge in [0.2, 0.25) is 11.9 Å². The lowest BCUT2D eigenvalue weighted by Gasteiger charge is -2.31. The third-order valence-electron chi connectivity index (χ3n) is 4.77. The molecule has 0 bridgehead atoms. The molecule has 1 amide bonds. The molecule has 0 unspecified atom stereocenters. The summed E-state index contributed by atoms with van der Waals surface area (Å²) in [6.07, 6.45) is 8.23. The molecule has 0 spiro atoms. The van der Waals surface area contributed by atoms with Crippen LogP contribution in [0.2, 0.25) is 0 Å². The number of nitrogens with one attached hydrogen (secondary N) is 1. The molecule has 0 aliphatic carbocycles. The molecule has 1 aliphatic heterocycles. The van der Waals surface area contributed by atoms with Gasteiger partial charge in [0.25, 0.3) is 0 Å². The van der Waals surface area contributed by atoms with Crippen LogP contribution in [0.4, 0.5) is 11.6 Å². The zero-order chi connectivity index (χ0) is 18.5. The van der Waals surface area contributed by atoms with E-state index < -0.39 is 0 Å². The summed E-state index contributed by atoms with van der Waals surface area (Å²) in [6, 6.07) is 9.61. The van der Waals surface area contributed by atoms with Gasteiger partial charge in [-0.2, -0.15) is 5.10 Å². The van der Waals surface area contributed by atoms with Crippen molar-refractivity contribution in [2.75, 3.05) is 23.3 Å². The predicted molar refractivity (Wildman–Crippen MR) is 101 cm³/mol. The van der Waals surface area contributed by atoms with E-state index in [1.807, 2.05) is 24.3 Å². The maximum Gasteiger partial charge on any atom is 0.227 e. The average molecular weight is 363 g/mol. The molecule has 0 atom stereocenters. The van der Waals surface area contributed by atoms with Crippen LogP contribution in [-0.2, 0) is 11.3 Å². The number of aromatic nitrogens is 5. The maximum absolute atomic E-state index is 12.8. The highest BCUT2D eigenvalue weighted by Crippen LogP contribution is 2.23. The SMILES string of the molecule is O=C(Nc1ccccc1Cn1cncn1)C1CCN(c2ncccn2)CC1. The van der Waals surface area contributed by atoms with Crippen molar-refractivity contribution < 1.29 is 4.79 Å². The third-order valence-corrected chi connectivity index (χ3v) is 4.77. The van der Waals surface area contributed by atoms with Crippen molar-refractivity contribution in [3.05, 3.63) is 60.9 Å². The molecular formula is C19H21N7O. The number of amides is 1. The Bertz CT molecular complexity index is 874. The Kier molecular flexibility index (Phi) is 5.04. The van der Waals surface area contributed by atoms with Crippen molar-refractivity contribution in [2.24, 2.45) is 5.92 Å². The van der Waals surface area contributed by atoms with E-state index in [4.69, 9.17) is 0 Å². The molecule has 138 valence electrons. The molecule has 0 radical (unpaired) electrons. The smallest absolute Gasteiger partial charge is 0.227 e. The minimum Gasteiger partial charge on any atom is -0.341 e. The van der Waals surface area contributed by atoms with Crippen molar-refractivity contribution in [1.29, 1.82) is 0 Å². The molecule has 8 nitrogen and oxygen atoms in total. The zero-order valence-corrected chi connectivity index (χ0v) is 14.9. The topological polar surface area (TPSA) is 88.8 Å². The van der Waals surface area contributed by atoms with Crippen LogP contribution in [0, 0.1) is 5.92 Å². The zero-order valence-electron chi connectivity index (χ0n) is 14.9. The van der Waals surface area contributed by atoms with Gasteiger partial charge in [-0.05, 0) is 30.5 Å². The summed E-state index contributed by atoms with van der Waals surface area (Å²) in [6.45, 7) is 2.13. The second-order valence-electron chi connectivity index (χ2n) is 6.55. The number of nitrogens with zero attached hydrogens (tertiary/aromatic N) is 6. The first-order valence-electron chi connectivity index (χ1n) is 9.03. The Morgan fingerprint density at radius 2 is 1.89 bits per heavy atom. The van der Waals surface area contributed by atoms with Crippen LogP contribution in [-0.4, -0.2) is 43.7 Å². The predicted octanol–water partition coefficient (Wildman–Crippen LogP) is 1.97. The monoisotopic (exact) mass is 363 g/mol. The van der Waals surface area contributed by atoms with Gasteiger partial charge >= 0.3 is 0 Å². The van der Waals surface area contributed by atoms with Crippen molar-refractivity contribution in [3.63, 3.8) is 0 Å². The van der Waals surface area contributed by atoms with Gasteiger partial charge in [0.05, 0.1) is 6.54 Å². The average Bonchev–Trinajstić information content (AvgIpc) is 3.23. The van der Waals surface area contributed by atoms with E-state index in [2.05, 4.69) is 30.3 Å². The van der Waals surface area contributed by atoms with Crippen molar-refractivity contribution in [2.45, 2.75) is 19.4 Å². The number of carbonyl (C=O) groups is 1. The number of piperidine rings is 1. The summed E-state index contributed by atoms with van der Waals surface area (Å²) in [5.41, 5.74) is 1.83. The van der Waals surface area contributed by atoms with Crippen LogP contribution in [0.15, 0.2) is 55.4 Å². The third kappa shape index (κ3) is 4.11. The Labute approximate surface area is 157 Å². The van der Waals surface area contributed by atoms with Gasteiger partial charge in [-0.25, -0.2) is 19.6 Å². The molecule has 2 aromatic heterocycles.